The molecular weight excluding hydrogens is 132 g/mol. The fraction of sp³-hybridized carbons (Fsp3) is 0.800. The molecule has 3 N–H and O–H groups in total. The van der Waals surface area contributed by atoms with Gasteiger partial charge in [-0.3, -0.25) is 10.0 Å². The molecule has 58 valence electrons. The second-order valence-electron chi connectivity index (χ2n) is 1.98. The summed E-state index contributed by atoms with van der Waals surface area (Å²) in [7, 11) is 0. The third-order valence-corrected chi connectivity index (χ3v) is 1.15. The lowest BCUT2D eigenvalue weighted by molar-refractivity contribution is 0.235. The molecule has 5 heteroatoms. The molecule has 0 spiro atoms. The van der Waals surface area contributed by atoms with Crippen molar-refractivity contribution in [3.05, 3.63) is 0 Å². The number of rotatable bonds is 4. The van der Waals surface area contributed by atoms with Gasteiger partial charge < -0.3 is 5.11 Å². The highest BCUT2D eigenvalue weighted by atomic mass is 16.3. The van der Waals surface area contributed by atoms with Crippen LogP contribution in [0.1, 0.15) is 0 Å². The molecule has 1 heterocycles. The maximum Gasteiger partial charge on any atom is 0.100 e. The van der Waals surface area contributed by atoms with Crippen LogP contribution in [0.15, 0.2) is 4.99 Å². The predicted molar refractivity (Wildman–Crippen MR) is 38.3 cm³/mol. The molecule has 0 bridgehead atoms. The summed E-state index contributed by atoms with van der Waals surface area (Å²) in [4.78, 5) is 3.98. The van der Waals surface area contributed by atoms with E-state index >= 15 is 0 Å². The van der Waals surface area contributed by atoms with Crippen LogP contribution in [0.3, 0.4) is 0 Å². The van der Waals surface area contributed by atoms with E-state index in [-0.39, 0.29) is 6.61 Å². The highest BCUT2D eigenvalue weighted by Gasteiger charge is 2.01. The van der Waals surface area contributed by atoms with Crippen LogP contribution in [0.5, 0.6) is 0 Å². The Bertz CT molecular complexity index is 116. The first kappa shape index (κ1) is 7.46. The summed E-state index contributed by atoms with van der Waals surface area (Å²) >= 11 is 0. The lowest BCUT2D eigenvalue weighted by Gasteiger charge is -2.14. The number of hydrogen-bond donors (Lipinski definition) is 3. The van der Waals surface area contributed by atoms with Gasteiger partial charge in [-0.25, -0.2) is 5.43 Å². The Morgan fingerprint density at radius 3 is 3.20 bits per heavy atom. The molecule has 1 aliphatic rings. The van der Waals surface area contributed by atoms with Crippen molar-refractivity contribution in [1.82, 2.24) is 16.0 Å². The summed E-state index contributed by atoms with van der Waals surface area (Å²) in [5, 5.41) is 10.2. The van der Waals surface area contributed by atoms with Crippen molar-refractivity contribution in [2.45, 2.75) is 0 Å². The zero-order chi connectivity index (χ0) is 7.23. The average molecular weight is 144 g/mol. The standard InChI is InChI=1S/C5H12N4O/c10-4-2-7-8-9-3-1-6-5-9/h5,7-8,10H,1-4H2. The van der Waals surface area contributed by atoms with Crippen molar-refractivity contribution in [2.75, 3.05) is 26.2 Å². The molecular formula is C5H12N4O. The van der Waals surface area contributed by atoms with E-state index in [4.69, 9.17) is 5.11 Å². The van der Waals surface area contributed by atoms with Crippen LogP contribution in [0, 0.1) is 0 Å². The summed E-state index contributed by atoms with van der Waals surface area (Å²) in [5.74, 6) is 0. The van der Waals surface area contributed by atoms with Crippen LogP contribution >= 0.6 is 0 Å². The maximum absolute atomic E-state index is 8.39. The van der Waals surface area contributed by atoms with E-state index < -0.39 is 0 Å². The van der Waals surface area contributed by atoms with Crippen molar-refractivity contribution < 1.29 is 5.11 Å². The largest absolute Gasteiger partial charge is 0.395 e. The summed E-state index contributed by atoms with van der Waals surface area (Å²) in [6.45, 7) is 2.41. The number of nitrogens with one attached hydrogen (secondary N) is 2. The van der Waals surface area contributed by atoms with Gasteiger partial charge in [-0.1, -0.05) is 0 Å². The quantitative estimate of drug-likeness (QED) is 0.326. The number of aliphatic hydroxyl groups is 1. The molecule has 0 unspecified atom stereocenters. The number of hydrogen-bond acceptors (Lipinski definition) is 5. The monoisotopic (exact) mass is 144 g/mol. The molecule has 0 amide bonds. The van der Waals surface area contributed by atoms with E-state index in [2.05, 4.69) is 16.0 Å². The van der Waals surface area contributed by atoms with E-state index in [0.717, 1.165) is 13.1 Å². The highest BCUT2D eigenvalue weighted by Crippen LogP contribution is 1.84. The molecule has 1 aliphatic heterocycles. The van der Waals surface area contributed by atoms with Gasteiger partial charge in [0.25, 0.3) is 0 Å². The van der Waals surface area contributed by atoms with E-state index in [1.54, 1.807) is 6.34 Å². The minimum atomic E-state index is 0.137. The number of nitrogens with zero attached hydrogens (tertiary/aromatic N) is 2. The zero-order valence-corrected chi connectivity index (χ0v) is 5.75. The first-order valence-corrected chi connectivity index (χ1v) is 3.29. The second-order valence-corrected chi connectivity index (χ2v) is 1.98. The van der Waals surface area contributed by atoms with Gasteiger partial charge in [0.05, 0.1) is 19.7 Å². The third kappa shape index (κ3) is 2.30. The van der Waals surface area contributed by atoms with Crippen molar-refractivity contribution >= 4 is 6.34 Å². The molecule has 0 aliphatic carbocycles. The lowest BCUT2D eigenvalue weighted by atomic mass is 10.7. The topological polar surface area (TPSA) is 59.9 Å². The number of hydrazine groups is 2. The second kappa shape index (κ2) is 4.21. The van der Waals surface area contributed by atoms with Gasteiger partial charge in [-0.05, 0) is 0 Å². The van der Waals surface area contributed by atoms with Gasteiger partial charge in [-0.2, -0.15) is 5.53 Å². The highest BCUT2D eigenvalue weighted by molar-refractivity contribution is 5.56. The molecule has 0 saturated heterocycles. The van der Waals surface area contributed by atoms with Gasteiger partial charge in [0.2, 0.25) is 0 Å². The normalized spacial score (nSPS) is 16.7. The maximum atomic E-state index is 8.39. The Labute approximate surface area is 59.7 Å². The molecule has 0 aromatic heterocycles. The molecule has 0 atom stereocenters. The fourth-order valence-corrected chi connectivity index (χ4v) is 0.678. The van der Waals surface area contributed by atoms with Gasteiger partial charge in [0.1, 0.15) is 6.34 Å². The van der Waals surface area contributed by atoms with Gasteiger partial charge in [0, 0.05) is 6.54 Å². The Morgan fingerprint density at radius 2 is 2.60 bits per heavy atom. The van der Waals surface area contributed by atoms with E-state index in [1.165, 1.54) is 0 Å². The molecule has 0 fully saturated rings. The van der Waals surface area contributed by atoms with Gasteiger partial charge >= 0.3 is 0 Å². The smallest absolute Gasteiger partial charge is 0.100 e. The predicted octanol–water partition coefficient (Wildman–Crippen LogP) is -1.67. The molecule has 0 radical (unpaired) electrons. The summed E-state index contributed by atoms with van der Waals surface area (Å²) in [6, 6.07) is 0. The molecule has 0 aromatic carbocycles. The number of aliphatic imine (C=N–C) groups is 1. The minimum absolute atomic E-state index is 0.137. The van der Waals surface area contributed by atoms with Crippen LogP contribution in [0.4, 0.5) is 0 Å². The molecule has 10 heavy (non-hydrogen) atoms. The van der Waals surface area contributed by atoms with E-state index in [1.807, 2.05) is 5.01 Å². The SMILES string of the molecule is OCCNNN1C=NCC1. The van der Waals surface area contributed by atoms with E-state index in [9.17, 15) is 0 Å². The van der Waals surface area contributed by atoms with Crippen LogP contribution in [-0.2, 0) is 0 Å². The third-order valence-electron chi connectivity index (χ3n) is 1.15. The van der Waals surface area contributed by atoms with Crippen molar-refractivity contribution in [1.29, 1.82) is 0 Å². The Balaban J connectivity index is 1.97. The first-order chi connectivity index (χ1) is 4.93. The Kier molecular flexibility index (Phi) is 3.14. The first-order valence-electron chi connectivity index (χ1n) is 3.29. The molecule has 0 aromatic rings. The lowest BCUT2D eigenvalue weighted by Crippen LogP contribution is -2.46. The zero-order valence-electron chi connectivity index (χ0n) is 5.75. The van der Waals surface area contributed by atoms with Crippen molar-refractivity contribution in [3.63, 3.8) is 0 Å². The molecule has 0 saturated carbocycles. The minimum Gasteiger partial charge on any atom is -0.395 e. The van der Waals surface area contributed by atoms with E-state index in [0.29, 0.717) is 6.54 Å². The van der Waals surface area contributed by atoms with Gasteiger partial charge in [0.15, 0.2) is 0 Å². The van der Waals surface area contributed by atoms with Crippen LogP contribution in [0.25, 0.3) is 0 Å². The average Bonchev–Trinajstić information content (AvgIpc) is 2.41. The summed E-state index contributed by atoms with van der Waals surface area (Å²) in [6.07, 6.45) is 1.73. The summed E-state index contributed by atoms with van der Waals surface area (Å²) < 4.78 is 0. The fourth-order valence-electron chi connectivity index (χ4n) is 0.678. The van der Waals surface area contributed by atoms with Crippen LogP contribution < -0.4 is 11.0 Å². The summed E-state index contributed by atoms with van der Waals surface area (Å²) in [5.41, 5.74) is 5.67. The molecule has 1 rings (SSSR count). The Morgan fingerprint density at radius 1 is 1.70 bits per heavy atom. The van der Waals surface area contributed by atoms with Crippen LogP contribution in [-0.4, -0.2) is 42.7 Å². The van der Waals surface area contributed by atoms with Crippen molar-refractivity contribution in [2.24, 2.45) is 4.99 Å². The van der Waals surface area contributed by atoms with Gasteiger partial charge in [-0.15, -0.1) is 0 Å². The number of aliphatic hydroxyl groups excluding tert-OH is 1. The van der Waals surface area contributed by atoms with Crippen LogP contribution in [0.2, 0.25) is 0 Å². The Hall–Kier alpha value is -0.650. The molecule has 5 nitrogen and oxygen atoms in total. The van der Waals surface area contributed by atoms with Crippen molar-refractivity contribution in [3.8, 4) is 0 Å².